The summed E-state index contributed by atoms with van der Waals surface area (Å²) in [5.41, 5.74) is 3.26. The van der Waals surface area contributed by atoms with E-state index in [0.29, 0.717) is 10.7 Å². The Labute approximate surface area is 192 Å². The van der Waals surface area contributed by atoms with Gasteiger partial charge in [-0.2, -0.15) is 0 Å². The molecule has 0 aliphatic carbocycles. The number of aliphatic carboxylic acids is 1. The van der Waals surface area contributed by atoms with Crippen molar-refractivity contribution in [2.45, 2.75) is 39.2 Å². The number of benzene rings is 2. The maximum Gasteiger partial charge on any atom is 0.305 e. The second-order valence-corrected chi connectivity index (χ2v) is 7.76. The minimum atomic E-state index is -0.947. The van der Waals surface area contributed by atoms with Crippen LogP contribution >= 0.6 is 11.6 Å². The van der Waals surface area contributed by atoms with Crippen LogP contribution in [-0.2, 0) is 4.79 Å². The molecule has 0 saturated carbocycles. The number of ether oxygens (including phenoxy) is 1. The van der Waals surface area contributed by atoms with E-state index < -0.39 is 5.97 Å². The van der Waals surface area contributed by atoms with E-state index in [9.17, 15) is 9.59 Å². The molecule has 1 amide bonds. The summed E-state index contributed by atoms with van der Waals surface area (Å²) in [6, 6.07) is 14.9. The van der Waals surface area contributed by atoms with Crippen LogP contribution in [0.3, 0.4) is 0 Å². The molecule has 1 unspecified atom stereocenters. The molecular formula is C24H26ClN3O4. The molecule has 3 rings (SSSR count). The summed E-state index contributed by atoms with van der Waals surface area (Å²) < 4.78 is 8.15. The second kappa shape index (κ2) is 10.8. The van der Waals surface area contributed by atoms with Crippen molar-refractivity contribution >= 4 is 23.5 Å². The lowest BCUT2D eigenvalue weighted by Crippen LogP contribution is -2.26. The number of nitrogens with zero attached hydrogens (tertiary/aromatic N) is 2. The molecular weight excluding hydrogens is 430 g/mol. The third kappa shape index (κ3) is 5.88. The Hall–Kier alpha value is -3.32. The molecule has 1 atom stereocenters. The van der Waals surface area contributed by atoms with Gasteiger partial charge in [-0.15, -0.1) is 0 Å². The Morgan fingerprint density at radius 2 is 1.84 bits per heavy atom. The first-order valence-electron chi connectivity index (χ1n) is 10.5. The minimum Gasteiger partial charge on any atom is -0.486 e. The van der Waals surface area contributed by atoms with Gasteiger partial charge < -0.3 is 19.7 Å². The summed E-state index contributed by atoms with van der Waals surface area (Å²) >= 11 is 6.04. The van der Waals surface area contributed by atoms with Gasteiger partial charge in [-0.1, -0.05) is 37.1 Å². The summed E-state index contributed by atoms with van der Waals surface area (Å²) in [7, 11) is 0. The largest absolute Gasteiger partial charge is 0.486 e. The Morgan fingerprint density at radius 3 is 2.41 bits per heavy atom. The lowest BCUT2D eigenvalue weighted by molar-refractivity contribution is -0.136. The van der Waals surface area contributed by atoms with Crippen LogP contribution < -0.4 is 10.1 Å². The van der Waals surface area contributed by atoms with Gasteiger partial charge in [-0.3, -0.25) is 9.59 Å². The van der Waals surface area contributed by atoms with Crippen molar-refractivity contribution in [2.75, 3.05) is 6.54 Å². The van der Waals surface area contributed by atoms with E-state index in [1.807, 2.05) is 47.9 Å². The fourth-order valence-corrected chi connectivity index (χ4v) is 3.42. The average molecular weight is 456 g/mol. The Morgan fingerprint density at radius 1 is 1.16 bits per heavy atom. The number of carboxylic acid groups (broad SMARTS) is 1. The van der Waals surface area contributed by atoms with E-state index in [2.05, 4.69) is 17.2 Å². The molecule has 1 heterocycles. The standard InChI is InChI=1S/C24H26ClN3O4/c1-3-4-21(17-5-7-18(8-6-17)24(31)26-14-13-22(29)30)32-20-11-9-19(10-12-20)28-15-27-23(25)16(28)2/h5-12,15,21H,3-4,13-14H2,1-2H3,(H,26,31)(H,29,30). The summed E-state index contributed by atoms with van der Waals surface area (Å²) in [6.45, 7) is 4.10. The molecule has 2 aromatic carbocycles. The number of hydrogen-bond donors (Lipinski definition) is 2. The topological polar surface area (TPSA) is 93.5 Å². The van der Waals surface area contributed by atoms with Crippen molar-refractivity contribution in [3.8, 4) is 11.4 Å². The molecule has 0 radical (unpaired) electrons. The number of carbonyl (C=O) groups is 2. The van der Waals surface area contributed by atoms with Crippen molar-refractivity contribution < 1.29 is 19.4 Å². The molecule has 2 N–H and O–H groups in total. The van der Waals surface area contributed by atoms with Gasteiger partial charge in [0.25, 0.3) is 5.91 Å². The van der Waals surface area contributed by atoms with Gasteiger partial charge in [0.05, 0.1) is 12.1 Å². The van der Waals surface area contributed by atoms with E-state index in [-0.39, 0.29) is 25.0 Å². The average Bonchev–Trinajstić information content (AvgIpc) is 3.12. The molecule has 0 spiro atoms. The molecule has 7 nitrogen and oxygen atoms in total. The van der Waals surface area contributed by atoms with Crippen LogP contribution in [0.15, 0.2) is 54.9 Å². The van der Waals surface area contributed by atoms with E-state index in [0.717, 1.165) is 35.5 Å². The number of halogens is 1. The van der Waals surface area contributed by atoms with Crippen molar-refractivity contribution in [3.63, 3.8) is 0 Å². The van der Waals surface area contributed by atoms with Gasteiger partial charge in [0.1, 0.15) is 23.3 Å². The van der Waals surface area contributed by atoms with Gasteiger partial charge in [0, 0.05) is 17.8 Å². The molecule has 8 heteroatoms. The van der Waals surface area contributed by atoms with Crippen LogP contribution in [0.1, 0.15) is 53.9 Å². The quantitative estimate of drug-likeness (QED) is 0.450. The fourth-order valence-electron chi connectivity index (χ4n) is 3.29. The van der Waals surface area contributed by atoms with Crippen LogP contribution in [0, 0.1) is 6.92 Å². The van der Waals surface area contributed by atoms with Crippen molar-refractivity contribution in [1.82, 2.24) is 14.9 Å². The molecule has 0 aliphatic rings. The molecule has 0 bridgehead atoms. The third-order valence-electron chi connectivity index (χ3n) is 5.06. The van der Waals surface area contributed by atoms with Crippen molar-refractivity contribution in [2.24, 2.45) is 0 Å². The summed E-state index contributed by atoms with van der Waals surface area (Å²) in [4.78, 5) is 26.8. The lowest BCUT2D eigenvalue weighted by Gasteiger charge is -2.20. The zero-order valence-electron chi connectivity index (χ0n) is 18.0. The number of hydrogen-bond acceptors (Lipinski definition) is 4. The van der Waals surface area contributed by atoms with E-state index in [1.165, 1.54) is 0 Å². The Balaban J connectivity index is 1.68. The molecule has 0 aliphatic heterocycles. The first-order valence-corrected chi connectivity index (χ1v) is 10.8. The van der Waals surface area contributed by atoms with Gasteiger partial charge in [0.15, 0.2) is 0 Å². The van der Waals surface area contributed by atoms with Gasteiger partial charge in [-0.25, -0.2) is 4.98 Å². The predicted molar refractivity (Wildman–Crippen MR) is 123 cm³/mol. The number of amides is 1. The van der Waals surface area contributed by atoms with Crippen LogP contribution in [0.25, 0.3) is 5.69 Å². The zero-order valence-corrected chi connectivity index (χ0v) is 18.8. The van der Waals surface area contributed by atoms with E-state index in [1.54, 1.807) is 18.5 Å². The molecule has 32 heavy (non-hydrogen) atoms. The molecule has 3 aromatic rings. The molecule has 0 fully saturated rings. The maximum absolute atomic E-state index is 12.1. The minimum absolute atomic E-state index is 0.0955. The highest BCUT2D eigenvalue weighted by Gasteiger charge is 2.15. The maximum atomic E-state index is 12.1. The second-order valence-electron chi connectivity index (χ2n) is 7.40. The molecule has 1 aromatic heterocycles. The smallest absolute Gasteiger partial charge is 0.305 e. The normalized spacial score (nSPS) is 11.7. The zero-order chi connectivity index (χ0) is 23.1. The van der Waals surface area contributed by atoms with Crippen LogP contribution in [0.5, 0.6) is 5.75 Å². The van der Waals surface area contributed by atoms with Crippen LogP contribution in [0.4, 0.5) is 0 Å². The van der Waals surface area contributed by atoms with E-state index in [4.69, 9.17) is 21.4 Å². The highest BCUT2D eigenvalue weighted by molar-refractivity contribution is 6.30. The summed E-state index contributed by atoms with van der Waals surface area (Å²) in [5.74, 6) is -0.500. The van der Waals surface area contributed by atoms with Gasteiger partial charge >= 0.3 is 5.97 Å². The number of nitrogens with one attached hydrogen (secondary N) is 1. The summed E-state index contributed by atoms with van der Waals surface area (Å²) in [6.07, 6.45) is 3.18. The monoisotopic (exact) mass is 455 g/mol. The third-order valence-corrected chi connectivity index (χ3v) is 5.43. The van der Waals surface area contributed by atoms with E-state index >= 15 is 0 Å². The number of rotatable bonds is 10. The highest BCUT2D eigenvalue weighted by Crippen LogP contribution is 2.28. The number of imidazole rings is 1. The van der Waals surface area contributed by atoms with Crippen molar-refractivity contribution in [3.05, 3.63) is 76.8 Å². The van der Waals surface area contributed by atoms with Crippen LogP contribution in [-0.4, -0.2) is 33.1 Å². The number of aromatic nitrogens is 2. The number of carboxylic acids is 1. The Kier molecular flexibility index (Phi) is 7.89. The van der Waals surface area contributed by atoms with Crippen molar-refractivity contribution in [1.29, 1.82) is 0 Å². The molecule has 168 valence electrons. The lowest BCUT2D eigenvalue weighted by atomic mass is 10.0. The number of carbonyl (C=O) groups excluding carboxylic acids is 1. The highest BCUT2D eigenvalue weighted by atomic mass is 35.5. The van der Waals surface area contributed by atoms with Gasteiger partial charge in [0.2, 0.25) is 0 Å². The van der Waals surface area contributed by atoms with Gasteiger partial charge in [-0.05, 0) is 55.3 Å². The summed E-state index contributed by atoms with van der Waals surface area (Å²) in [5, 5.41) is 11.8. The fraction of sp³-hybridized carbons (Fsp3) is 0.292. The molecule has 0 saturated heterocycles. The van der Waals surface area contributed by atoms with Crippen LogP contribution in [0.2, 0.25) is 5.15 Å². The Bertz CT molecular complexity index is 1060. The first kappa shape index (κ1) is 23.3. The first-order chi connectivity index (χ1) is 15.4. The SMILES string of the molecule is CCCC(Oc1ccc(-n2cnc(Cl)c2C)cc1)c1ccc(C(=O)NCCC(=O)O)cc1. The predicted octanol–water partition coefficient (Wildman–Crippen LogP) is 4.96.